The van der Waals surface area contributed by atoms with E-state index >= 15 is 0 Å². The fourth-order valence-electron chi connectivity index (χ4n) is 4.23. The second-order valence-corrected chi connectivity index (χ2v) is 8.92. The first-order valence-corrected chi connectivity index (χ1v) is 11.3. The number of aromatic nitrogens is 6. The number of hydrogen-bond donors (Lipinski definition) is 1. The first kappa shape index (κ1) is 23.2. The highest BCUT2D eigenvalue weighted by Crippen LogP contribution is 2.34. The first-order valence-electron chi connectivity index (χ1n) is 11.3. The van der Waals surface area contributed by atoms with E-state index in [0.717, 1.165) is 30.5 Å². The van der Waals surface area contributed by atoms with Crippen molar-refractivity contribution in [3.05, 3.63) is 95.6 Å². The van der Waals surface area contributed by atoms with Crippen LogP contribution in [-0.4, -0.2) is 52.4 Å². The van der Waals surface area contributed by atoms with Crippen LogP contribution in [0.5, 0.6) is 0 Å². The number of aliphatic hydroxyl groups is 1. The molecule has 0 saturated heterocycles. The molecule has 11 heteroatoms. The summed E-state index contributed by atoms with van der Waals surface area (Å²) < 4.78 is 44.6. The highest BCUT2D eigenvalue weighted by Gasteiger charge is 2.40. The van der Waals surface area contributed by atoms with Crippen molar-refractivity contribution in [1.29, 1.82) is 0 Å². The molecule has 2 aromatic heterocycles. The fourth-order valence-corrected chi connectivity index (χ4v) is 4.23. The predicted molar refractivity (Wildman–Crippen MR) is 119 cm³/mol. The lowest BCUT2D eigenvalue weighted by Gasteiger charge is -2.34. The molecule has 8 nitrogen and oxygen atoms in total. The largest absolute Gasteiger partial charge is 0.382 e. The van der Waals surface area contributed by atoms with Gasteiger partial charge in [-0.25, -0.2) is 27.5 Å². The van der Waals surface area contributed by atoms with Crippen molar-refractivity contribution in [2.45, 2.75) is 44.1 Å². The third kappa shape index (κ3) is 5.57. The maximum absolute atomic E-state index is 14.8. The average Bonchev–Trinajstić information content (AvgIpc) is 3.38. The van der Waals surface area contributed by atoms with E-state index in [2.05, 4.69) is 20.4 Å². The van der Waals surface area contributed by atoms with Gasteiger partial charge >= 0.3 is 0 Å². The van der Waals surface area contributed by atoms with Crippen LogP contribution >= 0.6 is 0 Å². The van der Waals surface area contributed by atoms with Crippen LogP contribution in [-0.2, 0) is 25.2 Å². The Bertz CT molecular complexity index is 1270. The zero-order valence-corrected chi connectivity index (χ0v) is 18.8. The Hall–Kier alpha value is -3.57. The maximum Gasteiger partial charge on any atom is 0.137 e. The summed E-state index contributed by atoms with van der Waals surface area (Å²) in [5.74, 6) is -1.84. The molecule has 1 aliphatic rings. The summed E-state index contributed by atoms with van der Waals surface area (Å²) in [6.45, 7) is 0.839. The molecule has 5 rings (SSSR count). The van der Waals surface area contributed by atoms with Gasteiger partial charge in [-0.3, -0.25) is 4.90 Å². The van der Waals surface area contributed by atoms with Crippen LogP contribution in [0.4, 0.5) is 13.2 Å². The third-order valence-corrected chi connectivity index (χ3v) is 6.06. The molecule has 0 amide bonds. The molecule has 182 valence electrons. The van der Waals surface area contributed by atoms with Crippen LogP contribution < -0.4 is 0 Å². The molecule has 1 N–H and O–H groups in total. The van der Waals surface area contributed by atoms with E-state index in [1.807, 2.05) is 4.90 Å². The quantitative estimate of drug-likeness (QED) is 0.374. The van der Waals surface area contributed by atoms with Gasteiger partial charge < -0.3 is 5.11 Å². The van der Waals surface area contributed by atoms with Crippen LogP contribution in [0.1, 0.15) is 29.7 Å². The molecule has 2 heterocycles. The van der Waals surface area contributed by atoms with Gasteiger partial charge in [0.05, 0.1) is 25.0 Å². The van der Waals surface area contributed by atoms with Gasteiger partial charge in [0.1, 0.15) is 35.7 Å². The second kappa shape index (κ2) is 9.59. The van der Waals surface area contributed by atoms with E-state index < -0.39 is 17.2 Å². The van der Waals surface area contributed by atoms with Crippen molar-refractivity contribution in [1.82, 2.24) is 34.7 Å². The Balaban J connectivity index is 1.36. The lowest BCUT2D eigenvalue weighted by molar-refractivity contribution is -0.0262. The number of benzene rings is 2. The van der Waals surface area contributed by atoms with Gasteiger partial charge in [-0.15, -0.1) is 5.10 Å². The van der Waals surface area contributed by atoms with Gasteiger partial charge in [0.2, 0.25) is 0 Å². The smallest absolute Gasteiger partial charge is 0.137 e. The molecule has 4 aromatic rings. The SMILES string of the molecule is OC(CN(Cc1cn(Cc2ccc(F)cc2)nn1)C1CC1)(Cn1cncn1)c1ccc(F)cc1F. The highest BCUT2D eigenvalue weighted by molar-refractivity contribution is 5.26. The average molecular weight is 483 g/mol. The minimum absolute atomic E-state index is 0.0139. The van der Waals surface area contributed by atoms with Gasteiger partial charge in [0, 0.05) is 30.8 Å². The van der Waals surface area contributed by atoms with E-state index in [0.29, 0.717) is 18.8 Å². The summed E-state index contributed by atoms with van der Waals surface area (Å²) >= 11 is 0. The summed E-state index contributed by atoms with van der Waals surface area (Å²) in [6.07, 6.45) is 6.45. The number of halogens is 3. The minimum atomic E-state index is -1.70. The Kier molecular flexibility index (Phi) is 6.35. The topological polar surface area (TPSA) is 84.9 Å². The minimum Gasteiger partial charge on any atom is -0.382 e. The molecule has 0 aliphatic heterocycles. The molecule has 35 heavy (non-hydrogen) atoms. The highest BCUT2D eigenvalue weighted by atomic mass is 19.1. The Morgan fingerprint density at radius 3 is 2.49 bits per heavy atom. The van der Waals surface area contributed by atoms with Gasteiger partial charge in [-0.05, 0) is 36.6 Å². The number of rotatable bonds is 10. The molecule has 1 saturated carbocycles. The van der Waals surface area contributed by atoms with E-state index in [1.165, 1.54) is 35.5 Å². The zero-order valence-electron chi connectivity index (χ0n) is 18.8. The zero-order chi connectivity index (χ0) is 24.4. The van der Waals surface area contributed by atoms with Crippen molar-refractivity contribution < 1.29 is 18.3 Å². The molecule has 2 aromatic carbocycles. The number of hydrogen-bond acceptors (Lipinski definition) is 6. The molecule has 1 aliphatic carbocycles. The van der Waals surface area contributed by atoms with Gasteiger partial charge in [-0.1, -0.05) is 23.4 Å². The summed E-state index contributed by atoms with van der Waals surface area (Å²) in [5, 5.41) is 24.2. The van der Waals surface area contributed by atoms with Crippen LogP contribution in [0.25, 0.3) is 0 Å². The van der Waals surface area contributed by atoms with Gasteiger partial charge in [-0.2, -0.15) is 5.10 Å². The molecule has 0 radical (unpaired) electrons. The number of nitrogens with zero attached hydrogens (tertiary/aromatic N) is 7. The lowest BCUT2D eigenvalue weighted by atomic mass is 9.92. The first-order chi connectivity index (χ1) is 16.9. The molecule has 1 atom stereocenters. The molecule has 0 spiro atoms. The van der Waals surface area contributed by atoms with Crippen molar-refractivity contribution >= 4 is 0 Å². The van der Waals surface area contributed by atoms with E-state index in [4.69, 9.17) is 0 Å². The van der Waals surface area contributed by atoms with Crippen molar-refractivity contribution in [3.8, 4) is 0 Å². The summed E-state index contributed by atoms with van der Waals surface area (Å²) in [5.41, 5.74) is -0.143. The summed E-state index contributed by atoms with van der Waals surface area (Å²) in [6, 6.07) is 9.54. The Morgan fingerprint density at radius 2 is 1.80 bits per heavy atom. The molecule has 1 fully saturated rings. The predicted octanol–water partition coefficient (Wildman–Crippen LogP) is 2.89. The van der Waals surface area contributed by atoms with Crippen LogP contribution in [0.2, 0.25) is 0 Å². The van der Waals surface area contributed by atoms with E-state index in [1.54, 1.807) is 23.0 Å². The fraction of sp³-hybridized carbons (Fsp3) is 0.333. The molecular formula is C24H24F3N7O. The van der Waals surface area contributed by atoms with E-state index in [9.17, 15) is 18.3 Å². The summed E-state index contributed by atoms with van der Waals surface area (Å²) in [4.78, 5) is 5.94. The normalized spacial score (nSPS) is 15.5. The second-order valence-electron chi connectivity index (χ2n) is 8.92. The molecule has 0 bridgehead atoms. The Morgan fingerprint density at radius 1 is 1.03 bits per heavy atom. The lowest BCUT2D eigenvalue weighted by Crippen LogP contribution is -2.45. The maximum atomic E-state index is 14.8. The van der Waals surface area contributed by atoms with Crippen molar-refractivity contribution in [2.75, 3.05) is 6.54 Å². The van der Waals surface area contributed by atoms with Crippen LogP contribution in [0.3, 0.4) is 0 Å². The van der Waals surface area contributed by atoms with Crippen LogP contribution in [0, 0.1) is 17.5 Å². The van der Waals surface area contributed by atoms with E-state index in [-0.39, 0.29) is 30.5 Å². The summed E-state index contributed by atoms with van der Waals surface area (Å²) in [7, 11) is 0. The molecule has 1 unspecified atom stereocenters. The Labute approximate surface area is 199 Å². The van der Waals surface area contributed by atoms with Gasteiger partial charge in [0.15, 0.2) is 0 Å². The standard InChI is InChI=1S/C24H24F3N7O/c25-18-3-1-17(2-4-18)10-33-12-20(30-31-33)11-32(21-6-7-21)13-24(35,14-34-16-28-15-29-34)22-8-5-19(26)9-23(22)27/h1-5,8-9,12,15-16,21,35H,6-7,10-11,13-14H2. The monoisotopic (exact) mass is 483 g/mol. The third-order valence-electron chi connectivity index (χ3n) is 6.06. The molecular weight excluding hydrogens is 459 g/mol. The van der Waals surface area contributed by atoms with Crippen LogP contribution in [0.15, 0.2) is 61.3 Å². The van der Waals surface area contributed by atoms with Crippen molar-refractivity contribution in [3.63, 3.8) is 0 Å². The van der Waals surface area contributed by atoms with Gasteiger partial charge in [0.25, 0.3) is 0 Å². The van der Waals surface area contributed by atoms with Crippen molar-refractivity contribution in [2.24, 2.45) is 0 Å².